The summed E-state index contributed by atoms with van der Waals surface area (Å²) in [4.78, 5) is 0. The predicted molar refractivity (Wildman–Crippen MR) is 85.6 cm³/mol. The summed E-state index contributed by atoms with van der Waals surface area (Å²) in [5.41, 5.74) is 0. The Bertz CT molecular complexity index is 332. The van der Waals surface area contributed by atoms with Crippen LogP contribution in [0.15, 0.2) is 12.2 Å². The van der Waals surface area contributed by atoms with Crippen molar-refractivity contribution in [2.45, 2.75) is 62.7 Å². The van der Waals surface area contributed by atoms with Crippen LogP contribution in [0.4, 0.5) is 0 Å². The first kappa shape index (κ1) is 14.0. The molecule has 2 heteroatoms. The number of thioether (sulfide) groups is 1. The second-order valence-corrected chi connectivity index (χ2v) is 8.34. The first-order valence-corrected chi connectivity index (χ1v) is 9.42. The molecule has 1 N–H and O–H groups in total. The number of hydrogen-bond acceptors (Lipinski definition) is 2. The van der Waals surface area contributed by atoms with E-state index in [4.69, 9.17) is 0 Å². The lowest BCUT2D eigenvalue weighted by Gasteiger charge is -2.38. The molecular formula is C17H29NS. The van der Waals surface area contributed by atoms with Gasteiger partial charge in [-0.05, 0) is 56.6 Å². The van der Waals surface area contributed by atoms with Gasteiger partial charge in [-0.25, -0.2) is 0 Å². The number of nitrogens with one attached hydrogen (secondary N) is 1. The van der Waals surface area contributed by atoms with Crippen molar-refractivity contribution in [3.63, 3.8) is 0 Å². The Morgan fingerprint density at radius 1 is 1.21 bits per heavy atom. The molecule has 0 spiro atoms. The molecule has 0 aromatic rings. The maximum Gasteiger partial charge on any atom is 0.0281 e. The van der Waals surface area contributed by atoms with Crippen molar-refractivity contribution in [2.24, 2.45) is 17.8 Å². The smallest absolute Gasteiger partial charge is 0.0281 e. The fraction of sp³-hybridized carbons (Fsp3) is 0.882. The van der Waals surface area contributed by atoms with Crippen LogP contribution in [-0.4, -0.2) is 23.6 Å². The number of rotatable bonds is 5. The van der Waals surface area contributed by atoms with Crippen LogP contribution >= 0.6 is 11.8 Å². The first-order chi connectivity index (χ1) is 9.22. The third-order valence-electron chi connectivity index (χ3n) is 5.92. The zero-order valence-corrected chi connectivity index (χ0v) is 13.3. The second kappa shape index (κ2) is 5.81. The van der Waals surface area contributed by atoms with Gasteiger partial charge in [-0.15, -0.1) is 0 Å². The van der Waals surface area contributed by atoms with E-state index in [2.05, 4.69) is 42.4 Å². The third-order valence-corrected chi connectivity index (χ3v) is 7.34. The minimum atomic E-state index is 0.542. The molecule has 0 heterocycles. The van der Waals surface area contributed by atoms with Gasteiger partial charge in [-0.2, -0.15) is 11.8 Å². The lowest BCUT2D eigenvalue weighted by molar-refractivity contribution is 0.297. The lowest BCUT2D eigenvalue weighted by Crippen LogP contribution is -2.45. The molecule has 0 aromatic heterocycles. The molecule has 0 aromatic carbocycles. The fourth-order valence-electron chi connectivity index (χ4n) is 4.55. The van der Waals surface area contributed by atoms with Crippen LogP contribution in [0, 0.1) is 17.8 Å². The van der Waals surface area contributed by atoms with Crippen molar-refractivity contribution in [2.75, 3.05) is 12.8 Å². The second-order valence-electron chi connectivity index (χ2n) is 7.06. The Balaban J connectivity index is 1.52. The molecule has 3 aliphatic rings. The normalized spacial score (nSPS) is 37.7. The predicted octanol–water partition coefficient (Wildman–Crippen LogP) is 4.24. The zero-order valence-electron chi connectivity index (χ0n) is 12.5. The van der Waals surface area contributed by atoms with Gasteiger partial charge in [0, 0.05) is 17.3 Å². The van der Waals surface area contributed by atoms with E-state index in [1.165, 1.54) is 51.5 Å². The maximum absolute atomic E-state index is 3.92. The first-order valence-electron chi connectivity index (χ1n) is 8.19. The highest BCUT2D eigenvalue weighted by Crippen LogP contribution is 2.45. The summed E-state index contributed by atoms with van der Waals surface area (Å²) in [5.74, 6) is 2.69. The Hall–Kier alpha value is 0.0500. The van der Waals surface area contributed by atoms with E-state index >= 15 is 0 Å². The molecule has 3 rings (SSSR count). The Labute approximate surface area is 123 Å². The summed E-state index contributed by atoms with van der Waals surface area (Å²) in [6.45, 7) is 3.66. The number of fused-ring (bicyclic) bond motifs is 2. The van der Waals surface area contributed by atoms with Crippen LogP contribution in [0.5, 0.6) is 0 Å². The van der Waals surface area contributed by atoms with E-state index in [1.807, 2.05) is 0 Å². The summed E-state index contributed by atoms with van der Waals surface area (Å²) in [5, 5.41) is 3.92. The minimum absolute atomic E-state index is 0.542. The SMILES string of the molecule is CSC1(CNC(C)C2CC3C=CC2C3)CCCCC1. The van der Waals surface area contributed by atoms with Crippen molar-refractivity contribution in [3.05, 3.63) is 12.2 Å². The highest BCUT2D eigenvalue weighted by atomic mass is 32.2. The molecule has 0 aliphatic heterocycles. The van der Waals surface area contributed by atoms with Gasteiger partial charge in [-0.1, -0.05) is 31.4 Å². The van der Waals surface area contributed by atoms with E-state index < -0.39 is 0 Å². The molecule has 0 saturated heterocycles. The van der Waals surface area contributed by atoms with Gasteiger partial charge in [0.2, 0.25) is 0 Å². The van der Waals surface area contributed by atoms with Gasteiger partial charge < -0.3 is 5.32 Å². The quantitative estimate of drug-likeness (QED) is 0.755. The Morgan fingerprint density at radius 3 is 2.58 bits per heavy atom. The number of hydrogen-bond donors (Lipinski definition) is 1. The molecule has 2 bridgehead atoms. The molecule has 2 fully saturated rings. The molecule has 4 unspecified atom stereocenters. The van der Waals surface area contributed by atoms with Crippen LogP contribution in [0.2, 0.25) is 0 Å². The molecule has 108 valence electrons. The summed E-state index contributed by atoms with van der Waals surface area (Å²) >= 11 is 2.12. The molecule has 0 radical (unpaired) electrons. The monoisotopic (exact) mass is 279 g/mol. The molecular weight excluding hydrogens is 250 g/mol. The summed E-state index contributed by atoms with van der Waals surface area (Å²) in [6.07, 6.45) is 17.3. The third kappa shape index (κ3) is 2.90. The van der Waals surface area contributed by atoms with Gasteiger partial charge in [0.25, 0.3) is 0 Å². The van der Waals surface area contributed by atoms with Gasteiger partial charge in [0.1, 0.15) is 0 Å². The molecule has 4 atom stereocenters. The standard InChI is InChI=1S/C17H29NS/c1-13(16-11-14-6-7-15(16)10-14)18-12-17(19-2)8-4-3-5-9-17/h6-7,13-16,18H,3-5,8-12H2,1-2H3. The van der Waals surface area contributed by atoms with Gasteiger partial charge in [0.05, 0.1) is 0 Å². The van der Waals surface area contributed by atoms with E-state index in [0.29, 0.717) is 10.8 Å². The highest BCUT2D eigenvalue weighted by molar-refractivity contribution is 8.00. The van der Waals surface area contributed by atoms with E-state index in [-0.39, 0.29) is 0 Å². The largest absolute Gasteiger partial charge is 0.313 e. The minimum Gasteiger partial charge on any atom is -0.313 e. The van der Waals surface area contributed by atoms with Crippen molar-refractivity contribution >= 4 is 11.8 Å². The number of allylic oxidation sites excluding steroid dienone is 2. The van der Waals surface area contributed by atoms with E-state index in [9.17, 15) is 0 Å². The average molecular weight is 279 g/mol. The van der Waals surface area contributed by atoms with Crippen molar-refractivity contribution in [3.8, 4) is 0 Å². The Kier molecular flexibility index (Phi) is 4.28. The summed E-state index contributed by atoms with van der Waals surface area (Å²) < 4.78 is 0.542. The van der Waals surface area contributed by atoms with E-state index in [1.54, 1.807) is 0 Å². The highest BCUT2D eigenvalue weighted by Gasteiger charge is 2.39. The van der Waals surface area contributed by atoms with Crippen molar-refractivity contribution < 1.29 is 0 Å². The van der Waals surface area contributed by atoms with Crippen LogP contribution in [0.1, 0.15) is 51.9 Å². The molecule has 1 nitrogen and oxygen atoms in total. The average Bonchev–Trinajstić information content (AvgIpc) is 3.08. The molecule has 0 amide bonds. The summed E-state index contributed by atoms with van der Waals surface area (Å²) in [6, 6.07) is 0.700. The van der Waals surface area contributed by atoms with Gasteiger partial charge in [0.15, 0.2) is 0 Å². The summed E-state index contributed by atoms with van der Waals surface area (Å²) in [7, 11) is 0. The van der Waals surface area contributed by atoms with Crippen molar-refractivity contribution in [1.29, 1.82) is 0 Å². The van der Waals surface area contributed by atoms with Crippen molar-refractivity contribution in [1.82, 2.24) is 5.32 Å². The van der Waals surface area contributed by atoms with Gasteiger partial charge in [-0.3, -0.25) is 0 Å². The maximum atomic E-state index is 3.92. The molecule has 3 aliphatic carbocycles. The van der Waals surface area contributed by atoms with E-state index in [0.717, 1.165) is 17.8 Å². The topological polar surface area (TPSA) is 12.0 Å². The lowest BCUT2D eigenvalue weighted by atomic mass is 9.85. The zero-order chi connectivity index (χ0) is 13.3. The van der Waals surface area contributed by atoms with Crippen LogP contribution in [-0.2, 0) is 0 Å². The van der Waals surface area contributed by atoms with Gasteiger partial charge >= 0.3 is 0 Å². The molecule has 2 saturated carbocycles. The molecule has 19 heavy (non-hydrogen) atoms. The van der Waals surface area contributed by atoms with Crippen LogP contribution in [0.25, 0.3) is 0 Å². The van der Waals surface area contributed by atoms with Crippen LogP contribution in [0.3, 0.4) is 0 Å². The fourth-order valence-corrected chi connectivity index (χ4v) is 5.47. The van der Waals surface area contributed by atoms with Crippen LogP contribution < -0.4 is 5.32 Å². The Morgan fingerprint density at radius 2 is 2.00 bits per heavy atom.